The molecular weight excluding hydrogens is 480 g/mol. The summed E-state index contributed by atoms with van der Waals surface area (Å²) in [5.74, 6) is -2.30. The average molecular weight is 503 g/mol. The maximum absolute atomic E-state index is 12.9. The molecule has 0 aliphatic carbocycles. The van der Waals surface area contributed by atoms with Crippen molar-refractivity contribution < 1.29 is 28.6 Å². The molecule has 184 valence electrons. The summed E-state index contributed by atoms with van der Waals surface area (Å²) in [6.07, 6.45) is 0. The van der Waals surface area contributed by atoms with E-state index in [9.17, 15) is 24.0 Å². The van der Waals surface area contributed by atoms with Gasteiger partial charge in [-0.2, -0.15) is 0 Å². The van der Waals surface area contributed by atoms with Crippen molar-refractivity contribution in [3.05, 3.63) is 66.5 Å². The first-order valence-corrected chi connectivity index (χ1v) is 10.8. The summed E-state index contributed by atoms with van der Waals surface area (Å²) in [5, 5.41) is 4.34. The van der Waals surface area contributed by atoms with Gasteiger partial charge in [0.1, 0.15) is 11.4 Å². The molecule has 0 radical (unpaired) electrons. The van der Waals surface area contributed by atoms with Gasteiger partial charge in [-0.1, -0.05) is 6.07 Å². The van der Waals surface area contributed by atoms with Crippen molar-refractivity contribution in [1.82, 2.24) is 9.13 Å². The number of thiophene rings is 1. The van der Waals surface area contributed by atoms with Gasteiger partial charge in [0.15, 0.2) is 18.1 Å². The molecule has 0 aliphatic heterocycles. The van der Waals surface area contributed by atoms with Gasteiger partial charge in [0, 0.05) is 26.2 Å². The van der Waals surface area contributed by atoms with Gasteiger partial charge in [-0.05, 0) is 11.4 Å². The number of ether oxygens (including phenoxy) is 3. The minimum absolute atomic E-state index is 0.0519. The lowest BCUT2D eigenvalue weighted by Crippen LogP contribution is -2.42. The third-order valence-electron chi connectivity index (χ3n) is 5.06. The van der Waals surface area contributed by atoms with E-state index in [1.807, 2.05) is 0 Å². The van der Waals surface area contributed by atoms with E-state index in [1.54, 1.807) is 17.5 Å². The van der Waals surface area contributed by atoms with E-state index in [0.29, 0.717) is 4.88 Å². The van der Waals surface area contributed by atoms with Crippen LogP contribution in [0.4, 0.5) is 11.5 Å². The smallest absolute Gasteiger partial charge is 0.340 e. The number of ketones is 1. The Kier molecular flexibility index (Phi) is 7.40. The van der Waals surface area contributed by atoms with E-state index < -0.39 is 41.1 Å². The minimum atomic E-state index is -0.985. The molecule has 0 spiro atoms. The zero-order chi connectivity index (χ0) is 25.9. The Morgan fingerprint density at radius 2 is 1.71 bits per heavy atom. The predicted molar refractivity (Wildman–Crippen MR) is 128 cm³/mol. The van der Waals surface area contributed by atoms with Crippen LogP contribution in [0.15, 0.2) is 39.2 Å². The summed E-state index contributed by atoms with van der Waals surface area (Å²) in [6.45, 7) is -0.844. The van der Waals surface area contributed by atoms with Gasteiger partial charge in [0.05, 0.1) is 30.3 Å². The maximum atomic E-state index is 12.9. The number of esters is 1. The number of Topliss-reactive ketones (excluding diaryl/α,β-unsaturated/α-hetero) is 1. The zero-order valence-corrected chi connectivity index (χ0v) is 20.1. The number of hydrogen-bond acceptors (Lipinski definition) is 10. The highest BCUT2D eigenvalue weighted by atomic mass is 32.1. The van der Waals surface area contributed by atoms with Gasteiger partial charge in [-0.3, -0.25) is 23.5 Å². The van der Waals surface area contributed by atoms with Crippen LogP contribution in [0.25, 0.3) is 0 Å². The second-order valence-corrected chi connectivity index (χ2v) is 8.10. The molecule has 0 unspecified atom stereocenters. The van der Waals surface area contributed by atoms with Gasteiger partial charge in [0.2, 0.25) is 5.78 Å². The van der Waals surface area contributed by atoms with Crippen LogP contribution in [-0.4, -0.2) is 47.6 Å². The van der Waals surface area contributed by atoms with Crippen LogP contribution in [0, 0.1) is 0 Å². The lowest BCUT2D eigenvalue weighted by Gasteiger charge is -2.15. The molecule has 0 saturated heterocycles. The molecule has 3 aromatic rings. The van der Waals surface area contributed by atoms with E-state index in [-0.39, 0.29) is 28.6 Å². The van der Waals surface area contributed by atoms with E-state index >= 15 is 0 Å². The molecule has 1 aromatic carbocycles. The van der Waals surface area contributed by atoms with Gasteiger partial charge in [-0.25, -0.2) is 9.59 Å². The molecule has 0 atom stereocenters. The van der Waals surface area contributed by atoms with Gasteiger partial charge in [0.25, 0.3) is 11.5 Å². The number of amides is 1. The molecular formula is C22H22N4O8S. The summed E-state index contributed by atoms with van der Waals surface area (Å²) in [4.78, 5) is 62.9. The van der Waals surface area contributed by atoms with Crippen molar-refractivity contribution in [2.45, 2.75) is 0 Å². The fraction of sp³-hybridized carbons (Fsp3) is 0.227. The molecule has 1 amide bonds. The first kappa shape index (κ1) is 25.2. The largest absolute Gasteiger partial charge is 0.493 e. The average Bonchev–Trinajstić information content (AvgIpc) is 3.40. The summed E-state index contributed by atoms with van der Waals surface area (Å²) >= 11 is 1.20. The minimum Gasteiger partial charge on any atom is -0.493 e. The van der Waals surface area contributed by atoms with Crippen molar-refractivity contribution in [2.75, 3.05) is 31.9 Å². The quantitative estimate of drug-likeness (QED) is 0.339. The van der Waals surface area contributed by atoms with E-state index in [2.05, 4.69) is 5.32 Å². The predicted octanol–water partition coefficient (Wildman–Crippen LogP) is 1.04. The normalized spacial score (nSPS) is 10.5. The number of carbonyl (C=O) groups is 3. The van der Waals surface area contributed by atoms with Crippen LogP contribution in [0.2, 0.25) is 0 Å². The van der Waals surface area contributed by atoms with E-state index in [4.69, 9.17) is 19.9 Å². The molecule has 2 aromatic heterocycles. The molecule has 0 bridgehead atoms. The number of hydrogen-bond donors (Lipinski definition) is 2. The standard InChI is InChI=1S/C22H22N4O8S/c1-25-18(23)17(20(29)26(2)22(25)31)13(27)10-34-21(30)11-8-14(32-3)15(33-4)9-12(11)24-19(28)16-6-5-7-35-16/h5-9H,10,23H2,1-4H3,(H,24,28). The fourth-order valence-corrected chi connectivity index (χ4v) is 3.76. The highest BCUT2D eigenvalue weighted by molar-refractivity contribution is 7.12. The van der Waals surface area contributed by atoms with Gasteiger partial charge in [-0.15, -0.1) is 11.3 Å². The topological polar surface area (TPSA) is 161 Å². The van der Waals surface area contributed by atoms with Crippen LogP contribution in [0.3, 0.4) is 0 Å². The Balaban J connectivity index is 1.91. The highest BCUT2D eigenvalue weighted by Gasteiger charge is 2.24. The molecule has 12 nitrogen and oxygen atoms in total. The van der Waals surface area contributed by atoms with Crippen LogP contribution in [-0.2, 0) is 18.8 Å². The Morgan fingerprint density at radius 3 is 2.31 bits per heavy atom. The summed E-state index contributed by atoms with van der Waals surface area (Å²) in [6, 6.07) is 5.97. The summed E-state index contributed by atoms with van der Waals surface area (Å²) in [7, 11) is 5.24. The van der Waals surface area contributed by atoms with Crippen molar-refractivity contribution >= 4 is 40.5 Å². The van der Waals surface area contributed by atoms with Crippen molar-refractivity contribution in [3.63, 3.8) is 0 Å². The van der Waals surface area contributed by atoms with Crippen LogP contribution in [0.5, 0.6) is 11.5 Å². The summed E-state index contributed by atoms with van der Waals surface area (Å²) < 4.78 is 17.2. The number of nitrogens with one attached hydrogen (secondary N) is 1. The number of rotatable bonds is 8. The Labute approximate surface area is 202 Å². The fourth-order valence-electron chi connectivity index (χ4n) is 3.15. The van der Waals surface area contributed by atoms with Gasteiger partial charge < -0.3 is 25.3 Å². The number of methoxy groups -OCH3 is 2. The Morgan fingerprint density at radius 1 is 1.06 bits per heavy atom. The second-order valence-electron chi connectivity index (χ2n) is 7.15. The van der Waals surface area contributed by atoms with Crippen LogP contribution < -0.4 is 31.8 Å². The van der Waals surface area contributed by atoms with Gasteiger partial charge >= 0.3 is 11.7 Å². The first-order chi connectivity index (χ1) is 16.6. The first-order valence-electron chi connectivity index (χ1n) is 9.97. The molecule has 0 aliphatic rings. The van der Waals surface area contributed by atoms with Crippen molar-refractivity contribution in [2.24, 2.45) is 14.1 Å². The Hall–Kier alpha value is -4.39. The van der Waals surface area contributed by atoms with Crippen LogP contribution in [0.1, 0.15) is 30.4 Å². The van der Waals surface area contributed by atoms with E-state index in [0.717, 1.165) is 9.13 Å². The molecule has 3 rings (SSSR count). The number of aromatic nitrogens is 2. The summed E-state index contributed by atoms with van der Waals surface area (Å²) in [5.41, 5.74) is 3.60. The SMILES string of the molecule is COc1cc(NC(=O)c2cccs2)c(C(=O)OCC(=O)c2c(N)n(C)c(=O)n(C)c2=O)cc1OC. The monoisotopic (exact) mass is 502 g/mol. The molecule has 0 saturated carbocycles. The van der Waals surface area contributed by atoms with Crippen molar-refractivity contribution in [3.8, 4) is 11.5 Å². The lowest BCUT2D eigenvalue weighted by atomic mass is 10.1. The number of anilines is 2. The third-order valence-corrected chi connectivity index (χ3v) is 5.93. The molecule has 2 heterocycles. The number of nitrogens with two attached hydrogens (primary N) is 1. The maximum Gasteiger partial charge on any atom is 0.340 e. The molecule has 13 heteroatoms. The zero-order valence-electron chi connectivity index (χ0n) is 19.2. The van der Waals surface area contributed by atoms with Crippen molar-refractivity contribution in [1.29, 1.82) is 0 Å². The second kappa shape index (κ2) is 10.3. The van der Waals surface area contributed by atoms with Crippen LogP contribution >= 0.6 is 11.3 Å². The number of nitrogen functional groups attached to an aromatic ring is 1. The highest BCUT2D eigenvalue weighted by Crippen LogP contribution is 2.34. The molecule has 0 fully saturated rings. The number of nitrogens with zero attached hydrogens (tertiary/aromatic N) is 2. The third kappa shape index (κ3) is 4.94. The molecule has 3 N–H and O–H groups in total. The van der Waals surface area contributed by atoms with E-state index in [1.165, 1.54) is 51.8 Å². The lowest BCUT2D eigenvalue weighted by molar-refractivity contribution is 0.0475. The number of carbonyl (C=O) groups excluding carboxylic acids is 3. The Bertz CT molecular complexity index is 1420. The number of benzene rings is 1. The molecule has 35 heavy (non-hydrogen) atoms.